The second-order valence-electron chi connectivity index (χ2n) is 6.65. The van der Waals surface area contributed by atoms with Crippen molar-refractivity contribution in [1.29, 1.82) is 0 Å². The summed E-state index contributed by atoms with van der Waals surface area (Å²) in [5, 5.41) is 3.05. The van der Waals surface area contributed by atoms with Crippen molar-refractivity contribution in [2.24, 2.45) is 5.92 Å². The Hall–Kier alpha value is -2.21. The molecule has 1 amide bonds. The maximum Gasteiger partial charge on any atom is 0.251 e. The number of aromatic nitrogens is 3. The summed E-state index contributed by atoms with van der Waals surface area (Å²) in [6, 6.07) is 3.88. The van der Waals surface area contributed by atoms with Crippen LogP contribution >= 0.6 is 0 Å². The van der Waals surface area contributed by atoms with Gasteiger partial charge in [0.25, 0.3) is 5.91 Å². The van der Waals surface area contributed by atoms with Crippen LogP contribution in [0.2, 0.25) is 0 Å². The Morgan fingerprint density at radius 1 is 1.38 bits per heavy atom. The van der Waals surface area contributed by atoms with E-state index in [1.165, 1.54) is 12.8 Å². The quantitative estimate of drug-likeness (QED) is 0.914. The van der Waals surface area contributed by atoms with Crippen molar-refractivity contribution in [3.05, 3.63) is 42.6 Å². The Morgan fingerprint density at radius 3 is 2.88 bits per heavy atom. The smallest absolute Gasteiger partial charge is 0.251 e. The molecule has 1 atom stereocenters. The molecule has 3 rings (SSSR count). The van der Waals surface area contributed by atoms with Crippen LogP contribution in [0.4, 0.5) is 0 Å². The van der Waals surface area contributed by atoms with Crippen LogP contribution in [0.15, 0.2) is 37.1 Å². The van der Waals surface area contributed by atoms with Gasteiger partial charge >= 0.3 is 0 Å². The van der Waals surface area contributed by atoms with Crippen LogP contribution in [0.3, 0.4) is 0 Å². The van der Waals surface area contributed by atoms with Gasteiger partial charge in [-0.1, -0.05) is 6.92 Å². The molecule has 0 bridgehead atoms. The first-order valence-corrected chi connectivity index (χ1v) is 8.60. The van der Waals surface area contributed by atoms with Gasteiger partial charge in [0, 0.05) is 36.7 Å². The van der Waals surface area contributed by atoms with Crippen molar-refractivity contribution in [2.75, 3.05) is 19.6 Å². The number of hydrogen-bond donors (Lipinski definition) is 1. The van der Waals surface area contributed by atoms with Crippen molar-refractivity contribution >= 4 is 5.91 Å². The van der Waals surface area contributed by atoms with E-state index in [-0.39, 0.29) is 5.91 Å². The summed E-state index contributed by atoms with van der Waals surface area (Å²) in [5.74, 6) is 1.45. The molecule has 0 aromatic carbocycles. The minimum Gasteiger partial charge on any atom is -0.350 e. The Kier molecular flexibility index (Phi) is 5.25. The van der Waals surface area contributed by atoms with E-state index in [4.69, 9.17) is 0 Å². The van der Waals surface area contributed by atoms with Crippen LogP contribution in [0.25, 0.3) is 5.82 Å². The number of rotatable bonds is 5. The number of amides is 1. The molecule has 0 unspecified atom stereocenters. The maximum absolute atomic E-state index is 12.4. The Labute approximate surface area is 142 Å². The number of piperidine rings is 1. The SMILES string of the molecule is CC1CCN([C@@H](C)CNC(=O)c2ccnc(-n3ccnc3)c2)CC1. The van der Waals surface area contributed by atoms with Crippen LogP contribution in [0, 0.1) is 5.92 Å². The number of likely N-dealkylation sites (tertiary alicyclic amines) is 1. The molecule has 1 aliphatic rings. The molecule has 1 saturated heterocycles. The van der Waals surface area contributed by atoms with Crippen molar-refractivity contribution in [2.45, 2.75) is 32.7 Å². The molecule has 2 aromatic rings. The topological polar surface area (TPSA) is 63.1 Å². The number of pyridine rings is 1. The molecular formula is C18H25N5O. The van der Waals surface area contributed by atoms with Crippen molar-refractivity contribution in [3.8, 4) is 5.82 Å². The fraction of sp³-hybridized carbons (Fsp3) is 0.500. The lowest BCUT2D eigenvalue weighted by Gasteiger charge is -2.35. The Morgan fingerprint density at radius 2 is 2.17 bits per heavy atom. The molecule has 0 radical (unpaired) electrons. The molecule has 128 valence electrons. The van der Waals surface area contributed by atoms with E-state index in [0.29, 0.717) is 24.0 Å². The van der Waals surface area contributed by atoms with Gasteiger partial charge in [0.15, 0.2) is 0 Å². The highest BCUT2D eigenvalue weighted by Crippen LogP contribution is 2.17. The lowest BCUT2D eigenvalue weighted by molar-refractivity contribution is 0.0921. The first kappa shape index (κ1) is 16.6. The highest BCUT2D eigenvalue weighted by atomic mass is 16.1. The summed E-state index contributed by atoms with van der Waals surface area (Å²) < 4.78 is 1.79. The molecule has 24 heavy (non-hydrogen) atoms. The first-order chi connectivity index (χ1) is 11.6. The average Bonchev–Trinajstić information content (AvgIpc) is 3.15. The van der Waals surface area contributed by atoms with Gasteiger partial charge in [0.05, 0.1) is 0 Å². The van der Waals surface area contributed by atoms with Crippen LogP contribution in [0.1, 0.15) is 37.0 Å². The number of nitrogens with zero attached hydrogens (tertiary/aromatic N) is 4. The van der Waals surface area contributed by atoms with Gasteiger partial charge in [-0.2, -0.15) is 0 Å². The summed E-state index contributed by atoms with van der Waals surface area (Å²) in [7, 11) is 0. The monoisotopic (exact) mass is 327 g/mol. The Balaban J connectivity index is 1.56. The van der Waals surface area contributed by atoms with E-state index in [9.17, 15) is 4.79 Å². The molecular weight excluding hydrogens is 302 g/mol. The van der Waals surface area contributed by atoms with E-state index >= 15 is 0 Å². The molecule has 6 heteroatoms. The fourth-order valence-electron chi connectivity index (χ4n) is 3.04. The largest absolute Gasteiger partial charge is 0.350 e. The molecule has 0 spiro atoms. The third-order valence-electron chi connectivity index (χ3n) is 4.78. The third kappa shape index (κ3) is 4.00. The summed E-state index contributed by atoms with van der Waals surface area (Å²) in [6.07, 6.45) is 9.32. The molecule has 0 aliphatic carbocycles. The van der Waals surface area contributed by atoms with Crippen LogP contribution in [-0.4, -0.2) is 51.0 Å². The van der Waals surface area contributed by atoms with E-state index in [0.717, 1.165) is 19.0 Å². The standard InChI is InChI=1S/C18H25N5O/c1-14-4-8-22(9-5-14)15(2)12-21-18(24)16-3-6-20-17(11-16)23-10-7-19-13-23/h3,6-7,10-11,13-15H,4-5,8-9,12H2,1-2H3,(H,21,24)/t15-/m0/s1. The second-order valence-corrected chi connectivity index (χ2v) is 6.65. The van der Waals surface area contributed by atoms with Gasteiger partial charge < -0.3 is 5.32 Å². The second kappa shape index (κ2) is 7.57. The molecule has 0 saturated carbocycles. The first-order valence-electron chi connectivity index (χ1n) is 8.60. The number of imidazole rings is 1. The van der Waals surface area contributed by atoms with Crippen molar-refractivity contribution < 1.29 is 4.79 Å². The number of hydrogen-bond acceptors (Lipinski definition) is 4. The van der Waals surface area contributed by atoms with E-state index in [1.54, 1.807) is 35.4 Å². The summed E-state index contributed by atoms with van der Waals surface area (Å²) in [4.78, 5) is 23.2. The zero-order valence-electron chi connectivity index (χ0n) is 14.4. The molecule has 1 N–H and O–H groups in total. The van der Waals surface area contributed by atoms with Crippen LogP contribution in [0.5, 0.6) is 0 Å². The van der Waals surface area contributed by atoms with Gasteiger partial charge in [-0.05, 0) is 50.9 Å². The summed E-state index contributed by atoms with van der Waals surface area (Å²) in [6.45, 7) is 7.40. The Bertz CT molecular complexity index is 662. The predicted octanol–water partition coefficient (Wildman–Crippen LogP) is 2.12. The van der Waals surface area contributed by atoms with E-state index in [1.807, 2.05) is 6.20 Å². The molecule has 2 aromatic heterocycles. The molecule has 6 nitrogen and oxygen atoms in total. The minimum atomic E-state index is -0.0593. The maximum atomic E-state index is 12.4. The predicted molar refractivity (Wildman–Crippen MR) is 93.1 cm³/mol. The molecule has 1 aliphatic heterocycles. The zero-order valence-corrected chi connectivity index (χ0v) is 14.4. The van der Waals surface area contributed by atoms with Gasteiger partial charge in [-0.25, -0.2) is 9.97 Å². The number of carbonyl (C=O) groups is 1. The number of carbonyl (C=O) groups excluding carboxylic acids is 1. The van der Waals surface area contributed by atoms with Gasteiger partial charge in [-0.15, -0.1) is 0 Å². The van der Waals surface area contributed by atoms with Crippen LogP contribution < -0.4 is 5.32 Å². The summed E-state index contributed by atoms with van der Waals surface area (Å²) in [5.41, 5.74) is 0.619. The van der Waals surface area contributed by atoms with Crippen molar-refractivity contribution in [1.82, 2.24) is 24.8 Å². The number of nitrogens with one attached hydrogen (secondary N) is 1. The zero-order chi connectivity index (χ0) is 16.9. The molecule has 1 fully saturated rings. The summed E-state index contributed by atoms with van der Waals surface area (Å²) >= 11 is 0. The van der Waals surface area contributed by atoms with Gasteiger partial charge in [0.2, 0.25) is 0 Å². The highest BCUT2D eigenvalue weighted by molar-refractivity contribution is 5.94. The lowest BCUT2D eigenvalue weighted by atomic mass is 9.98. The van der Waals surface area contributed by atoms with Crippen molar-refractivity contribution in [3.63, 3.8) is 0 Å². The average molecular weight is 327 g/mol. The van der Waals surface area contributed by atoms with Gasteiger partial charge in [-0.3, -0.25) is 14.3 Å². The molecule has 3 heterocycles. The van der Waals surface area contributed by atoms with Gasteiger partial charge in [0.1, 0.15) is 12.1 Å². The van der Waals surface area contributed by atoms with E-state index < -0.39 is 0 Å². The lowest BCUT2D eigenvalue weighted by Crippen LogP contribution is -2.45. The minimum absolute atomic E-state index is 0.0593. The normalized spacial score (nSPS) is 17.6. The van der Waals surface area contributed by atoms with Crippen LogP contribution in [-0.2, 0) is 0 Å². The van der Waals surface area contributed by atoms with E-state index in [2.05, 4.69) is 34.0 Å². The fourth-order valence-corrected chi connectivity index (χ4v) is 3.04. The highest BCUT2D eigenvalue weighted by Gasteiger charge is 2.20. The third-order valence-corrected chi connectivity index (χ3v) is 4.78.